The van der Waals surface area contributed by atoms with E-state index < -0.39 is 15.0 Å². The number of amides is 1. The predicted octanol–water partition coefficient (Wildman–Crippen LogP) is 3.84. The maximum Gasteiger partial charge on any atom is 0.262 e. The van der Waals surface area contributed by atoms with Gasteiger partial charge in [0.15, 0.2) is 0 Å². The van der Waals surface area contributed by atoms with E-state index >= 15 is 0 Å². The second-order valence-corrected chi connectivity index (χ2v) is 8.61. The van der Waals surface area contributed by atoms with Crippen LogP contribution in [0.1, 0.15) is 36.5 Å². The zero-order valence-electron chi connectivity index (χ0n) is 11.2. The molecule has 1 aliphatic carbocycles. The molecule has 1 aromatic rings. The fraction of sp³-hybridized carbons (Fsp3) is 0.462. The highest BCUT2D eigenvalue weighted by Crippen LogP contribution is 2.34. The van der Waals surface area contributed by atoms with Gasteiger partial charge in [0.25, 0.3) is 15.0 Å². The maximum atomic E-state index is 12.2. The van der Waals surface area contributed by atoms with Gasteiger partial charge in [0.2, 0.25) is 0 Å². The summed E-state index contributed by atoms with van der Waals surface area (Å²) in [5.74, 6) is 0.200. The fourth-order valence-corrected chi connectivity index (χ4v) is 3.98. The van der Waals surface area contributed by atoms with Crippen LogP contribution in [0.5, 0.6) is 0 Å². The van der Waals surface area contributed by atoms with Crippen molar-refractivity contribution in [1.82, 2.24) is 5.32 Å². The van der Waals surface area contributed by atoms with Gasteiger partial charge < -0.3 is 5.32 Å². The van der Waals surface area contributed by atoms with Gasteiger partial charge in [-0.15, -0.1) is 0 Å². The van der Waals surface area contributed by atoms with Crippen LogP contribution in [0.2, 0.25) is 10.0 Å². The SMILES string of the molecule is CC(CC1CC1)NC(=O)c1cc(Cl)cc(S(=O)(=O)Cl)c1Cl. The number of rotatable bonds is 5. The first kappa shape index (κ1) is 16.9. The third-order valence-corrected chi connectivity index (χ3v) is 5.36. The molecule has 0 heterocycles. The molecular weight excluding hydrogens is 357 g/mol. The highest BCUT2D eigenvalue weighted by Gasteiger charge is 2.26. The second kappa shape index (κ2) is 6.32. The van der Waals surface area contributed by atoms with E-state index in [-0.39, 0.29) is 26.5 Å². The zero-order chi connectivity index (χ0) is 15.8. The van der Waals surface area contributed by atoms with Gasteiger partial charge in [0.05, 0.1) is 10.6 Å². The molecule has 0 bridgehead atoms. The smallest absolute Gasteiger partial charge is 0.262 e. The molecule has 0 aromatic heterocycles. The van der Waals surface area contributed by atoms with Crippen molar-refractivity contribution in [2.24, 2.45) is 5.92 Å². The normalized spacial score (nSPS) is 16.6. The summed E-state index contributed by atoms with van der Waals surface area (Å²) in [6.45, 7) is 1.90. The van der Waals surface area contributed by atoms with E-state index in [0.29, 0.717) is 5.92 Å². The second-order valence-electron chi connectivity index (χ2n) is 5.26. The zero-order valence-corrected chi connectivity index (χ0v) is 14.3. The number of hydrogen-bond acceptors (Lipinski definition) is 3. The molecule has 1 fully saturated rings. The summed E-state index contributed by atoms with van der Waals surface area (Å²) in [5, 5.41) is 2.66. The Kier molecular flexibility index (Phi) is 5.08. The van der Waals surface area contributed by atoms with E-state index in [0.717, 1.165) is 12.5 Å². The summed E-state index contributed by atoms with van der Waals surface area (Å²) in [5.41, 5.74) is 0.00559. The molecule has 0 spiro atoms. The van der Waals surface area contributed by atoms with Crippen LogP contribution in [-0.2, 0) is 9.05 Å². The van der Waals surface area contributed by atoms with Crippen molar-refractivity contribution in [2.45, 2.75) is 37.1 Å². The lowest BCUT2D eigenvalue weighted by atomic mass is 10.1. The van der Waals surface area contributed by atoms with Crippen molar-refractivity contribution < 1.29 is 13.2 Å². The summed E-state index contributed by atoms with van der Waals surface area (Å²) in [6, 6.07) is 2.43. The predicted molar refractivity (Wildman–Crippen MR) is 83.8 cm³/mol. The summed E-state index contributed by atoms with van der Waals surface area (Å²) >= 11 is 11.8. The minimum absolute atomic E-state index is 0.00559. The average Bonchev–Trinajstić information content (AvgIpc) is 3.13. The minimum Gasteiger partial charge on any atom is -0.350 e. The van der Waals surface area contributed by atoms with Crippen LogP contribution in [0, 0.1) is 5.92 Å². The summed E-state index contributed by atoms with van der Waals surface area (Å²) in [7, 11) is 1.22. The standard InChI is InChI=1S/C13H14Cl3NO3S/c1-7(4-8-2-3-8)17-13(18)10-5-9(14)6-11(12(10)15)21(16,19)20/h5-8H,2-4H2,1H3,(H,17,18). The third-order valence-electron chi connectivity index (χ3n) is 3.27. The van der Waals surface area contributed by atoms with E-state index in [1.807, 2.05) is 6.92 Å². The molecule has 21 heavy (non-hydrogen) atoms. The van der Waals surface area contributed by atoms with Gasteiger partial charge in [-0.25, -0.2) is 8.42 Å². The van der Waals surface area contributed by atoms with Gasteiger partial charge in [-0.3, -0.25) is 4.79 Å². The van der Waals surface area contributed by atoms with Crippen LogP contribution in [0.25, 0.3) is 0 Å². The molecule has 1 aliphatic rings. The fourth-order valence-electron chi connectivity index (χ4n) is 2.12. The van der Waals surface area contributed by atoms with Crippen LogP contribution in [0.3, 0.4) is 0 Å². The summed E-state index contributed by atoms with van der Waals surface area (Å²) in [6.07, 6.45) is 3.27. The molecule has 1 N–H and O–H groups in total. The van der Waals surface area contributed by atoms with Gasteiger partial charge in [0.1, 0.15) is 4.90 Å². The maximum absolute atomic E-state index is 12.2. The highest BCUT2D eigenvalue weighted by atomic mass is 35.7. The molecule has 0 saturated heterocycles. The molecule has 0 aliphatic heterocycles. The number of halogens is 3. The lowest BCUT2D eigenvalue weighted by Crippen LogP contribution is -2.33. The molecule has 2 rings (SSSR count). The minimum atomic E-state index is -4.07. The number of hydrogen-bond donors (Lipinski definition) is 1. The average molecular weight is 371 g/mol. The molecule has 116 valence electrons. The Bertz CT molecular complexity index is 671. The molecule has 8 heteroatoms. The Morgan fingerprint density at radius 3 is 2.52 bits per heavy atom. The summed E-state index contributed by atoms with van der Waals surface area (Å²) < 4.78 is 22.9. The van der Waals surface area contributed by atoms with E-state index in [1.54, 1.807) is 0 Å². The van der Waals surface area contributed by atoms with Crippen molar-refractivity contribution in [1.29, 1.82) is 0 Å². The largest absolute Gasteiger partial charge is 0.350 e. The first-order chi connectivity index (χ1) is 9.68. The molecule has 1 amide bonds. The van der Waals surface area contributed by atoms with Crippen LogP contribution >= 0.6 is 33.9 Å². The summed E-state index contributed by atoms with van der Waals surface area (Å²) in [4.78, 5) is 11.9. The highest BCUT2D eigenvalue weighted by molar-refractivity contribution is 8.13. The van der Waals surface area contributed by atoms with Crippen LogP contribution in [0.4, 0.5) is 0 Å². The molecular formula is C13H14Cl3NO3S. The van der Waals surface area contributed by atoms with Gasteiger partial charge in [-0.1, -0.05) is 36.0 Å². The molecule has 1 saturated carbocycles. The van der Waals surface area contributed by atoms with Gasteiger partial charge in [-0.2, -0.15) is 0 Å². The number of carbonyl (C=O) groups is 1. The van der Waals surface area contributed by atoms with E-state index in [2.05, 4.69) is 5.32 Å². The Morgan fingerprint density at radius 2 is 2.00 bits per heavy atom. The molecule has 1 unspecified atom stereocenters. The topological polar surface area (TPSA) is 63.2 Å². The van der Waals surface area contributed by atoms with Crippen LogP contribution < -0.4 is 5.32 Å². The Labute approximate surface area is 138 Å². The van der Waals surface area contributed by atoms with Gasteiger partial charge >= 0.3 is 0 Å². The number of benzene rings is 1. The monoisotopic (exact) mass is 369 g/mol. The van der Waals surface area contributed by atoms with Crippen molar-refractivity contribution in [3.8, 4) is 0 Å². The van der Waals surface area contributed by atoms with E-state index in [1.165, 1.54) is 18.9 Å². The lowest BCUT2D eigenvalue weighted by Gasteiger charge is -2.15. The van der Waals surface area contributed by atoms with Crippen LogP contribution in [-0.4, -0.2) is 20.4 Å². The number of nitrogens with one attached hydrogen (secondary N) is 1. The van der Waals surface area contributed by atoms with Crippen LogP contribution in [0.15, 0.2) is 17.0 Å². The van der Waals surface area contributed by atoms with Crippen molar-refractivity contribution in [3.63, 3.8) is 0 Å². The van der Waals surface area contributed by atoms with E-state index in [9.17, 15) is 13.2 Å². The molecule has 0 radical (unpaired) electrons. The lowest BCUT2D eigenvalue weighted by molar-refractivity contribution is 0.0937. The molecule has 1 aromatic carbocycles. The first-order valence-electron chi connectivity index (χ1n) is 6.43. The van der Waals surface area contributed by atoms with E-state index in [4.69, 9.17) is 33.9 Å². The quantitative estimate of drug-likeness (QED) is 0.801. The molecule has 4 nitrogen and oxygen atoms in total. The Morgan fingerprint density at radius 1 is 1.38 bits per heavy atom. The van der Waals surface area contributed by atoms with Crippen molar-refractivity contribution >= 4 is 48.8 Å². The number of carbonyl (C=O) groups excluding carboxylic acids is 1. The first-order valence-corrected chi connectivity index (χ1v) is 9.49. The van der Waals surface area contributed by atoms with Gasteiger partial charge in [-0.05, 0) is 31.4 Å². The Balaban J connectivity index is 2.25. The third kappa shape index (κ3) is 4.49. The van der Waals surface area contributed by atoms with Gasteiger partial charge in [0, 0.05) is 21.7 Å². The van der Waals surface area contributed by atoms with Crippen molar-refractivity contribution in [3.05, 3.63) is 27.7 Å². The molecule has 1 atom stereocenters. The Hall–Kier alpha value is -0.490. The van der Waals surface area contributed by atoms with Crippen molar-refractivity contribution in [2.75, 3.05) is 0 Å².